The predicted molar refractivity (Wildman–Crippen MR) is 140 cm³/mol. The van der Waals surface area contributed by atoms with Crippen molar-refractivity contribution in [3.63, 3.8) is 0 Å². The predicted octanol–water partition coefficient (Wildman–Crippen LogP) is 5.24. The van der Waals surface area contributed by atoms with Crippen LogP contribution in [-0.2, 0) is 10.3 Å². The number of ether oxygens (including phenoxy) is 1. The van der Waals surface area contributed by atoms with Crippen LogP contribution in [-0.4, -0.2) is 41.5 Å². The van der Waals surface area contributed by atoms with E-state index >= 15 is 0 Å². The number of esters is 1. The van der Waals surface area contributed by atoms with Crippen molar-refractivity contribution in [2.75, 3.05) is 19.6 Å². The monoisotopic (exact) mass is 524 g/mol. The zero-order valence-electron chi connectivity index (χ0n) is 20.4. The third-order valence-corrected chi connectivity index (χ3v) is 7.15. The lowest BCUT2D eigenvalue weighted by molar-refractivity contribution is -0.0270. The van der Waals surface area contributed by atoms with Gasteiger partial charge in [0.25, 0.3) is 0 Å². The molecule has 1 atom stereocenters. The highest BCUT2D eigenvalue weighted by Gasteiger charge is 2.33. The number of aliphatic hydroxyl groups is 1. The lowest BCUT2D eigenvalue weighted by atomic mass is 9.84. The number of rotatable bonds is 9. The molecule has 0 spiro atoms. The van der Waals surface area contributed by atoms with Crippen LogP contribution in [0.15, 0.2) is 72.8 Å². The van der Waals surface area contributed by atoms with E-state index in [0.29, 0.717) is 41.0 Å². The van der Waals surface area contributed by atoms with E-state index < -0.39 is 23.6 Å². The van der Waals surface area contributed by atoms with E-state index in [1.807, 2.05) is 12.1 Å². The molecule has 8 heteroatoms. The van der Waals surface area contributed by atoms with Gasteiger partial charge in [-0.3, -0.25) is 4.79 Å². The molecule has 3 aromatic rings. The van der Waals surface area contributed by atoms with Crippen LogP contribution in [0.3, 0.4) is 0 Å². The number of nitrogens with zero attached hydrogens (tertiary/aromatic N) is 1. The average molecular weight is 525 g/mol. The standard InChI is InChI=1S/C29H30ClFN2O4/c30-24-11-9-23(10-12-24)29(36)15-18-33(19-16-29)17-1-2-26(20-7-13-25(31)14-8-20)37-28(35)22-5-3-21(4-6-22)27(32)34/h3-14,26,36H,1-2,15-19H2,(H2,32,34). The third-order valence-electron chi connectivity index (χ3n) is 6.90. The van der Waals surface area contributed by atoms with E-state index in [9.17, 15) is 19.1 Å². The van der Waals surface area contributed by atoms with Gasteiger partial charge < -0.3 is 20.5 Å². The van der Waals surface area contributed by atoms with Gasteiger partial charge in [-0.05, 0) is 91.9 Å². The molecular formula is C29H30ClFN2O4. The topological polar surface area (TPSA) is 92.9 Å². The SMILES string of the molecule is NC(=O)c1ccc(C(=O)OC(CCCN2CCC(O)(c3ccc(Cl)cc3)CC2)c2ccc(F)cc2)cc1. The summed E-state index contributed by atoms with van der Waals surface area (Å²) in [6, 6.07) is 19.2. The van der Waals surface area contributed by atoms with Crippen molar-refractivity contribution < 1.29 is 23.8 Å². The summed E-state index contributed by atoms with van der Waals surface area (Å²) in [6.45, 7) is 2.26. The van der Waals surface area contributed by atoms with E-state index in [2.05, 4.69) is 4.90 Å². The van der Waals surface area contributed by atoms with Gasteiger partial charge in [0.05, 0.1) is 11.2 Å². The number of benzene rings is 3. The van der Waals surface area contributed by atoms with Crippen LogP contribution in [0.4, 0.5) is 4.39 Å². The molecule has 0 bridgehead atoms. The fraction of sp³-hybridized carbons (Fsp3) is 0.310. The number of likely N-dealkylation sites (tertiary alicyclic amines) is 1. The first-order valence-electron chi connectivity index (χ1n) is 12.3. The van der Waals surface area contributed by atoms with Crippen LogP contribution in [0.5, 0.6) is 0 Å². The Kier molecular flexibility index (Phi) is 8.59. The molecule has 6 nitrogen and oxygen atoms in total. The molecule has 3 aromatic carbocycles. The Labute approximate surface area is 220 Å². The van der Waals surface area contributed by atoms with E-state index in [1.165, 1.54) is 36.4 Å². The maximum absolute atomic E-state index is 13.5. The van der Waals surface area contributed by atoms with Gasteiger partial charge in [0, 0.05) is 23.7 Å². The van der Waals surface area contributed by atoms with Gasteiger partial charge in [-0.1, -0.05) is 35.9 Å². The molecule has 1 fully saturated rings. The van der Waals surface area contributed by atoms with Crippen LogP contribution < -0.4 is 5.73 Å². The molecule has 194 valence electrons. The summed E-state index contributed by atoms with van der Waals surface area (Å²) >= 11 is 5.98. The minimum Gasteiger partial charge on any atom is -0.454 e. The summed E-state index contributed by atoms with van der Waals surface area (Å²) in [7, 11) is 0. The molecule has 1 unspecified atom stereocenters. The van der Waals surface area contributed by atoms with Crippen molar-refractivity contribution in [2.24, 2.45) is 5.73 Å². The minimum absolute atomic E-state index is 0.301. The first-order valence-corrected chi connectivity index (χ1v) is 12.7. The lowest BCUT2D eigenvalue weighted by Crippen LogP contribution is -2.42. The molecule has 37 heavy (non-hydrogen) atoms. The molecule has 0 aliphatic carbocycles. The second-order valence-electron chi connectivity index (χ2n) is 9.41. The molecule has 1 aliphatic heterocycles. The molecular weight excluding hydrogens is 495 g/mol. The highest BCUT2D eigenvalue weighted by molar-refractivity contribution is 6.30. The van der Waals surface area contributed by atoms with Gasteiger partial charge in [-0.2, -0.15) is 0 Å². The van der Waals surface area contributed by atoms with Crippen molar-refractivity contribution in [3.05, 3.63) is 106 Å². The molecule has 1 heterocycles. The Morgan fingerprint density at radius 1 is 0.973 bits per heavy atom. The van der Waals surface area contributed by atoms with Gasteiger partial charge in [0.1, 0.15) is 11.9 Å². The second-order valence-corrected chi connectivity index (χ2v) is 9.85. The summed E-state index contributed by atoms with van der Waals surface area (Å²) in [5.74, 6) is -1.47. The molecule has 4 rings (SSSR count). The molecule has 0 saturated carbocycles. The minimum atomic E-state index is -0.864. The number of primary amides is 1. The largest absolute Gasteiger partial charge is 0.454 e. The Hall–Kier alpha value is -3.26. The number of halogens is 2. The van der Waals surface area contributed by atoms with Crippen molar-refractivity contribution in [1.29, 1.82) is 0 Å². The van der Waals surface area contributed by atoms with Gasteiger partial charge >= 0.3 is 5.97 Å². The number of nitrogens with two attached hydrogens (primary N) is 1. The zero-order valence-corrected chi connectivity index (χ0v) is 21.2. The summed E-state index contributed by atoms with van der Waals surface area (Å²) in [6.07, 6.45) is 1.97. The van der Waals surface area contributed by atoms with E-state index in [1.54, 1.807) is 24.3 Å². The van der Waals surface area contributed by atoms with Crippen LogP contribution in [0, 0.1) is 5.82 Å². The fourth-order valence-electron chi connectivity index (χ4n) is 4.63. The van der Waals surface area contributed by atoms with Crippen LogP contribution >= 0.6 is 11.6 Å². The Morgan fingerprint density at radius 2 is 1.57 bits per heavy atom. The number of hydrogen-bond acceptors (Lipinski definition) is 5. The van der Waals surface area contributed by atoms with Gasteiger partial charge in [-0.25, -0.2) is 9.18 Å². The molecule has 1 amide bonds. The van der Waals surface area contributed by atoms with Crippen molar-refractivity contribution >= 4 is 23.5 Å². The maximum atomic E-state index is 13.5. The maximum Gasteiger partial charge on any atom is 0.338 e. The number of hydrogen-bond donors (Lipinski definition) is 2. The number of piperidine rings is 1. The van der Waals surface area contributed by atoms with Gasteiger partial charge in [0.2, 0.25) is 5.91 Å². The number of amides is 1. The number of carbonyl (C=O) groups excluding carboxylic acids is 2. The zero-order chi connectivity index (χ0) is 26.4. The summed E-state index contributed by atoms with van der Waals surface area (Å²) in [4.78, 5) is 26.4. The molecule has 3 N–H and O–H groups in total. The Bertz CT molecular complexity index is 1210. The number of carbonyl (C=O) groups is 2. The molecule has 1 saturated heterocycles. The van der Waals surface area contributed by atoms with Crippen molar-refractivity contribution in [1.82, 2.24) is 4.90 Å². The Balaban J connectivity index is 1.35. The Morgan fingerprint density at radius 3 is 2.16 bits per heavy atom. The average Bonchev–Trinajstić information content (AvgIpc) is 2.90. The van der Waals surface area contributed by atoms with E-state index in [4.69, 9.17) is 22.1 Å². The summed E-state index contributed by atoms with van der Waals surface area (Å²) < 4.78 is 19.3. The van der Waals surface area contributed by atoms with E-state index in [0.717, 1.165) is 31.6 Å². The fourth-order valence-corrected chi connectivity index (χ4v) is 4.76. The highest BCUT2D eigenvalue weighted by Crippen LogP contribution is 2.34. The van der Waals surface area contributed by atoms with Crippen LogP contribution in [0.1, 0.15) is 63.6 Å². The quantitative estimate of drug-likeness (QED) is 0.373. The molecule has 0 aromatic heterocycles. The first kappa shape index (κ1) is 26.8. The van der Waals surface area contributed by atoms with Crippen LogP contribution in [0.2, 0.25) is 5.02 Å². The first-order chi connectivity index (χ1) is 17.7. The molecule has 0 radical (unpaired) electrons. The second kappa shape index (κ2) is 11.9. The lowest BCUT2D eigenvalue weighted by Gasteiger charge is -2.38. The van der Waals surface area contributed by atoms with Crippen LogP contribution in [0.25, 0.3) is 0 Å². The summed E-state index contributed by atoms with van der Waals surface area (Å²) in [5.41, 5.74) is 6.59. The highest BCUT2D eigenvalue weighted by atomic mass is 35.5. The smallest absolute Gasteiger partial charge is 0.338 e. The van der Waals surface area contributed by atoms with E-state index in [-0.39, 0.29) is 5.82 Å². The van der Waals surface area contributed by atoms with Gasteiger partial charge in [0.15, 0.2) is 0 Å². The summed E-state index contributed by atoms with van der Waals surface area (Å²) in [5, 5.41) is 11.7. The van der Waals surface area contributed by atoms with Gasteiger partial charge in [-0.15, -0.1) is 0 Å². The van der Waals surface area contributed by atoms with Crippen molar-refractivity contribution in [2.45, 2.75) is 37.4 Å². The third kappa shape index (κ3) is 6.95. The normalized spacial score (nSPS) is 16.2. The van der Waals surface area contributed by atoms with Crippen molar-refractivity contribution in [3.8, 4) is 0 Å². The molecule has 1 aliphatic rings.